The average Bonchev–Trinajstić information content (AvgIpc) is 3.07. The molecule has 2 aliphatic rings. The maximum Gasteiger partial charge on any atom is 0.130 e. The lowest BCUT2D eigenvalue weighted by atomic mass is 9.89. The first kappa shape index (κ1) is 20.0. The van der Waals surface area contributed by atoms with E-state index in [1.54, 1.807) is 12.3 Å². The normalized spacial score (nSPS) is 27.6. The number of halogens is 2. The van der Waals surface area contributed by atoms with Crippen molar-refractivity contribution in [1.82, 2.24) is 15.0 Å². The maximum atomic E-state index is 13.8. The van der Waals surface area contributed by atoms with Crippen LogP contribution in [0.15, 0.2) is 48.7 Å². The fourth-order valence-corrected chi connectivity index (χ4v) is 6.42. The first-order chi connectivity index (χ1) is 15.5. The molecule has 32 heavy (non-hydrogen) atoms. The number of pyridine rings is 1. The lowest BCUT2D eigenvalue weighted by Gasteiger charge is -2.23. The lowest BCUT2D eigenvalue weighted by molar-refractivity contribution is 0.172. The smallest absolute Gasteiger partial charge is 0.130 e. The molecule has 4 aromatic rings. The second kappa shape index (κ2) is 7.17. The monoisotopic (exact) mass is 449 g/mol. The number of nitrogens with zero attached hydrogens (tertiary/aromatic N) is 2. The molecule has 164 valence electrons. The molecule has 2 unspecified atom stereocenters. The Morgan fingerprint density at radius 1 is 1.22 bits per heavy atom. The Morgan fingerprint density at radius 2 is 2.09 bits per heavy atom. The topological polar surface area (TPSA) is 50.8 Å². The molecule has 2 aromatic carbocycles. The van der Waals surface area contributed by atoms with Gasteiger partial charge in [-0.3, -0.25) is 4.98 Å². The van der Waals surface area contributed by atoms with Gasteiger partial charge < -0.3 is 9.72 Å². The molecule has 2 aliphatic carbocycles. The van der Waals surface area contributed by atoms with Crippen LogP contribution in [-0.4, -0.2) is 21.1 Å². The van der Waals surface area contributed by atoms with Gasteiger partial charge in [-0.05, 0) is 79.0 Å². The molecule has 2 fully saturated rings. The SMILES string of the molecule is CCC(c1nc2cc(Cl)ccc2[nH]1)[C@H]1[C@@H]2C[C@@H](Oc3ccnc4ccc(F)cc34)CC21C. The van der Waals surface area contributed by atoms with E-state index in [9.17, 15) is 4.39 Å². The van der Waals surface area contributed by atoms with Gasteiger partial charge in [0.25, 0.3) is 0 Å². The molecule has 2 aromatic heterocycles. The Kier molecular flexibility index (Phi) is 4.48. The maximum absolute atomic E-state index is 13.8. The number of hydrogen-bond donors (Lipinski definition) is 1. The predicted molar refractivity (Wildman–Crippen MR) is 125 cm³/mol. The van der Waals surface area contributed by atoms with Crippen LogP contribution in [0.5, 0.6) is 5.75 Å². The lowest BCUT2D eigenvalue weighted by Crippen LogP contribution is -2.20. The molecule has 0 radical (unpaired) electrons. The Morgan fingerprint density at radius 3 is 2.88 bits per heavy atom. The predicted octanol–water partition coefficient (Wildman–Crippen LogP) is 6.89. The number of ether oxygens (including phenoxy) is 1. The van der Waals surface area contributed by atoms with Crippen LogP contribution < -0.4 is 4.74 Å². The number of aromatic nitrogens is 3. The summed E-state index contributed by atoms with van der Waals surface area (Å²) in [7, 11) is 0. The highest BCUT2D eigenvalue weighted by molar-refractivity contribution is 6.31. The van der Waals surface area contributed by atoms with Gasteiger partial charge in [0.1, 0.15) is 17.4 Å². The summed E-state index contributed by atoms with van der Waals surface area (Å²) in [5.41, 5.74) is 2.97. The molecule has 0 spiro atoms. The van der Waals surface area contributed by atoms with Crippen molar-refractivity contribution in [3.8, 4) is 5.75 Å². The van der Waals surface area contributed by atoms with E-state index in [1.807, 2.05) is 24.3 Å². The Labute approximate surface area is 191 Å². The third kappa shape index (κ3) is 3.09. The summed E-state index contributed by atoms with van der Waals surface area (Å²) in [6.07, 6.45) is 4.94. The Bertz CT molecular complexity index is 1340. The van der Waals surface area contributed by atoms with Crippen molar-refractivity contribution in [3.63, 3.8) is 0 Å². The van der Waals surface area contributed by atoms with Gasteiger partial charge in [-0.2, -0.15) is 0 Å². The van der Waals surface area contributed by atoms with Crippen molar-refractivity contribution < 1.29 is 9.13 Å². The van der Waals surface area contributed by atoms with Gasteiger partial charge in [0.2, 0.25) is 0 Å². The first-order valence-corrected chi connectivity index (χ1v) is 11.7. The summed E-state index contributed by atoms with van der Waals surface area (Å²) in [6.45, 7) is 4.63. The summed E-state index contributed by atoms with van der Waals surface area (Å²) in [6, 6.07) is 12.3. The number of hydrogen-bond acceptors (Lipinski definition) is 3. The van der Waals surface area contributed by atoms with Gasteiger partial charge in [0, 0.05) is 22.5 Å². The largest absolute Gasteiger partial charge is 0.490 e. The van der Waals surface area contributed by atoms with Crippen molar-refractivity contribution in [2.24, 2.45) is 17.3 Å². The molecule has 5 atom stereocenters. The van der Waals surface area contributed by atoms with Crippen LogP contribution >= 0.6 is 11.6 Å². The minimum Gasteiger partial charge on any atom is -0.490 e. The van der Waals surface area contributed by atoms with Gasteiger partial charge in [-0.15, -0.1) is 0 Å². The molecule has 2 saturated carbocycles. The van der Waals surface area contributed by atoms with Crippen molar-refractivity contribution in [2.45, 2.75) is 45.1 Å². The average molecular weight is 450 g/mol. The third-order valence-corrected chi connectivity index (χ3v) is 8.00. The fourth-order valence-electron chi connectivity index (χ4n) is 6.26. The molecule has 0 bridgehead atoms. The fraction of sp³-hybridized carbons (Fsp3) is 0.385. The highest BCUT2D eigenvalue weighted by Gasteiger charge is 2.68. The summed E-state index contributed by atoms with van der Waals surface area (Å²) in [4.78, 5) is 12.7. The van der Waals surface area contributed by atoms with E-state index < -0.39 is 0 Å². The summed E-state index contributed by atoms with van der Waals surface area (Å²) in [5, 5.41) is 1.45. The van der Waals surface area contributed by atoms with Crippen LogP contribution in [0.3, 0.4) is 0 Å². The van der Waals surface area contributed by atoms with Crippen LogP contribution in [0.4, 0.5) is 4.39 Å². The van der Waals surface area contributed by atoms with Crippen molar-refractivity contribution in [3.05, 3.63) is 65.3 Å². The molecule has 1 N–H and O–H groups in total. The first-order valence-electron chi connectivity index (χ1n) is 11.3. The van der Waals surface area contributed by atoms with Crippen LogP contribution in [-0.2, 0) is 0 Å². The number of fused-ring (bicyclic) bond motifs is 3. The molecule has 0 saturated heterocycles. The second-order valence-corrected chi connectivity index (χ2v) is 10.0. The molecule has 4 nitrogen and oxygen atoms in total. The standard InChI is InChI=1S/C26H25ClFN3O/c1-3-17(25-30-21-6-4-14(27)10-22(21)31-25)24-19-12-16(13-26(19,24)2)32-23-8-9-29-20-7-5-15(28)11-18(20)23/h4-11,16-17,19,24H,3,12-13H2,1-2H3,(H,30,31)/t16-,17?,19+,24+,26?/m1/s1. The van der Waals surface area contributed by atoms with Crippen molar-refractivity contribution in [2.75, 3.05) is 0 Å². The molecule has 2 heterocycles. The summed E-state index contributed by atoms with van der Waals surface area (Å²) >= 11 is 6.15. The summed E-state index contributed by atoms with van der Waals surface area (Å²) in [5.74, 6) is 3.12. The quantitative estimate of drug-likeness (QED) is 0.361. The van der Waals surface area contributed by atoms with E-state index in [-0.39, 0.29) is 17.3 Å². The van der Waals surface area contributed by atoms with E-state index in [1.165, 1.54) is 12.1 Å². The van der Waals surface area contributed by atoms with Crippen LogP contribution in [0.1, 0.15) is 44.9 Å². The van der Waals surface area contributed by atoms with E-state index in [0.29, 0.717) is 22.8 Å². The van der Waals surface area contributed by atoms with Gasteiger partial charge >= 0.3 is 0 Å². The van der Waals surface area contributed by atoms with Gasteiger partial charge in [0.15, 0.2) is 0 Å². The number of nitrogens with one attached hydrogen (secondary N) is 1. The molecule has 0 aliphatic heterocycles. The van der Waals surface area contributed by atoms with Crippen LogP contribution in [0.25, 0.3) is 21.9 Å². The third-order valence-electron chi connectivity index (χ3n) is 7.76. The second-order valence-electron chi connectivity index (χ2n) is 9.59. The van der Waals surface area contributed by atoms with Gasteiger partial charge in [-0.25, -0.2) is 9.37 Å². The van der Waals surface area contributed by atoms with Crippen molar-refractivity contribution in [1.29, 1.82) is 0 Å². The highest BCUT2D eigenvalue weighted by Crippen LogP contribution is 2.72. The highest BCUT2D eigenvalue weighted by atomic mass is 35.5. The van der Waals surface area contributed by atoms with Crippen LogP contribution in [0, 0.1) is 23.1 Å². The zero-order valence-corrected chi connectivity index (χ0v) is 18.9. The molecule has 6 rings (SSSR count). The molecule has 6 heteroatoms. The van der Waals surface area contributed by atoms with Crippen LogP contribution in [0.2, 0.25) is 5.02 Å². The number of rotatable bonds is 5. The molecular weight excluding hydrogens is 425 g/mol. The van der Waals surface area contributed by atoms with E-state index in [2.05, 4.69) is 23.8 Å². The van der Waals surface area contributed by atoms with E-state index >= 15 is 0 Å². The number of imidazole rings is 1. The minimum absolute atomic E-state index is 0.141. The zero-order valence-electron chi connectivity index (χ0n) is 18.1. The minimum atomic E-state index is -0.269. The zero-order chi connectivity index (χ0) is 22.0. The number of benzene rings is 2. The molecular formula is C26H25ClFN3O. The van der Waals surface area contributed by atoms with Crippen molar-refractivity contribution >= 4 is 33.5 Å². The summed E-state index contributed by atoms with van der Waals surface area (Å²) < 4.78 is 20.2. The molecule has 0 amide bonds. The Hall–Kier alpha value is -2.66. The number of aromatic amines is 1. The number of H-pyrrole nitrogens is 1. The van der Waals surface area contributed by atoms with Gasteiger partial charge in [0.05, 0.1) is 22.7 Å². The van der Waals surface area contributed by atoms with Gasteiger partial charge in [-0.1, -0.05) is 25.4 Å². The Balaban J connectivity index is 1.21. The van der Waals surface area contributed by atoms with E-state index in [4.69, 9.17) is 21.3 Å². The van der Waals surface area contributed by atoms with E-state index in [0.717, 1.165) is 52.8 Å².